The fraction of sp³-hybridized carbons (Fsp3) is 0.607. The minimum atomic E-state index is -4.53. The first-order chi connectivity index (χ1) is 17.6. The van der Waals surface area contributed by atoms with Crippen molar-refractivity contribution in [3.8, 4) is 0 Å². The molecule has 0 aromatic rings. The van der Waals surface area contributed by atoms with Crippen LogP contribution in [0.25, 0.3) is 0 Å². The lowest BCUT2D eigenvalue weighted by atomic mass is 10.1. The number of quaternary nitrogens is 1. The molecule has 1 unspecified atom stereocenters. The Kier molecular flexibility index (Phi) is 21.1. The first-order valence-electron chi connectivity index (χ1n) is 13.1. The predicted octanol–water partition coefficient (Wildman–Crippen LogP) is 5.02. The summed E-state index contributed by atoms with van der Waals surface area (Å²) in [4.78, 5) is 23.3. The summed E-state index contributed by atoms with van der Waals surface area (Å²) in [7, 11) is 1.17. The number of rotatable bonds is 22. The molecular formula is C28H48NO7P. The van der Waals surface area contributed by atoms with Crippen LogP contribution in [0.1, 0.15) is 58.3 Å². The summed E-state index contributed by atoms with van der Waals surface area (Å²) >= 11 is 0. The molecule has 2 atom stereocenters. The molecule has 1 N–H and O–H groups in total. The lowest BCUT2D eigenvalue weighted by Gasteiger charge is -2.27. The largest absolute Gasteiger partial charge is 0.756 e. The van der Waals surface area contributed by atoms with Crippen molar-refractivity contribution in [2.24, 2.45) is 0 Å². The Morgan fingerprint density at radius 2 is 1.43 bits per heavy atom. The standard InChI is InChI=1S/C28H48NO7P/c1-5-6-7-8-9-10-11-12-13-14-15-16-17-18-19-20-21-22-28(31)34-25-27(30)26-36-37(32,33)35-24-23-29(2,3)4/h13-22,27,30H,5-12,23-26H2,1-4H3/t27-/m1/s1. The number of aliphatic hydroxyl groups excluding tert-OH is 1. The number of aliphatic hydroxyl groups is 1. The van der Waals surface area contributed by atoms with E-state index in [9.17, 15) is 19.4 Å². The second kappa shape index (κ2) is 22.2. The highest BCUT2D eigenvalue weighted by atomic mass is 31.2. The molecule has 0 saturated carbocycles. The maximum atomic E-state index is 11.7. The Hall–Kier alpha value is -1.80. The zero-order chi connectivity index (χ0) is 27.8. The van der Waals surface area contributed by atoms with Gasteiger partial charge in [0.05, 0.1) is 27.7 Å². The summed E-state index contributed by atoms with van der Waals surface area (Å²) in [5, 5.41) is 9.76. The molecule has 0 saturated heterocycles. The van der Waals surface area contributed by atoms with Gasteiger partial charge < -0.3 is 28.3 Å². The number of ether oxygens (including phenoxy) is 1. The van der Waals surface area contributed by atoms with Gasteiger partial charge in [0.2, 0.25) is 0 Å². The number of unbranched alkanes of at least 4 members (excludes halogenated alkanes) is 7. The van der Waals surface area contributed by atoms with E-state index in [1.165, 1.54) is 57.1 Å². The number of hydrogen-bond acceptors (Lipinski definition) is 7. The van der Waals surface area contributed by atoms with Gasteiger partial charge in [0, 0.05) is 6.08 Å². The van der Waals surface area contributed by atoms with Crippen molar-refractivity contribution < 1.29 is 37.6 Å². The summed E-state index contributed by atoms with van der Waals surface area (Å²) < 4.78 is 26.4. The number of phosphoric acid groups is 1. The normalized spacial score (nSPS) is 15.5. The third kappa shape index (κ3) is 27.1. The van der Waals surface area contributed by atoms with E-state index >= 15 is 0 Å². The highest BCUT2D eigenvalue weighted by Gasteiger charge is 2.16. The molecule has 0 heterocycles. The molecule has 0 aliphatic rings. The van der Waals surface area contributed by atoms with Gasteiger partial charge in [0.1, 0.15) is 25.9 Å². The number of carbonyl (C=O) groups excluding carboxylic acids is 1. The molecule has 0 spiro atoms. The van der Waals surface area contributed by atoms with E-state index in [1.54, 1.807) is 12.2 Å². The van der Waals surface area contributed by atoms with Crippen molar-refractivity contribution in [1.82, 2.24) is 0 Å². The van der Waals surface area contributed by atoms with E-state index < -0.39 is 33.1 Å². The second-order valence-corrected chi connectivity index (χ2v) is 11.1. The Morgan fingerprint density at radius 3 is 2.05 bits per heavy atom. The Balaban J connectivity index is 3.93. The Labute approximate surface area is 224 Å². The molecule has 0 aliphatic carbocycles. The van der Waals surface area contributed by atoms with E-state index in [0.717, 1.165) is 6.42 Å². The number of nitrogens with zero attached hydrogens (tertiary/aromatic N) is 1. The number of esters is 1. The van der Waals surface area contributed by atoms with E-state index in [1.807, 2.05) is 45.4 Å². The monoisotopic (exact) mass is 541 g/mol. The number of hydrogen-bond donors (Lipinski definition) is 1. The van der Waals surface area contributed by atoms with Gasteiger partial charge in [-0.2, -0.15) is 0 Å². The van der Waals surface area contributed by atoms with Gasteiger partial charge in [-0.05, 0) is 12.8 Å². The predicted molar refractivity (Wildman–Crippen MR) is 148 cm³/mol. The molecule has 0 rings (SSSR count). The van der Waals surface area contributed by atoms with Gasteiger partial charge in [-0.3, -0.25) is 4.57 Å². The first kappa shape index (κ1) is 35.2. The van der Waals surface area contributed by atoms with Crippen molar-refractivity contribution in [2.45, 2.75) is 64.4 Å². The summed E-state index contributed by atoms with van der Waals surface area (Å²) in [6.45, 7) is 1.72. The van der Waals surface area contributed by atoms with Crippen molar-refractivity contribution >= 4 is 13.8 Å². The Morgan fingerprint density at radius 1 is 0.865 bits per heavy atom. The van der Waals surface area contributed by atoms with Gasteiger partial charge in [-0.15, -0.1) is 0 Å². The fourth-order valence-electron chi connectivity index (χ4n) is 2.83. The highest BCUT2D eigenvalue weighted by Crippen LogP contribution is 2.38. The number of likely N-dealkylation sites (N-methyl/N-ethyl adjacent to an activating group) is 1. The van der Waals surface area contributed by atoms with Crippen LogP contribution in [0.4, 0.5) is 0 Å². The van der Waals surface area contributed by atoms with E-state index in [-0.39, 0.29) is 6.61 Å². The molecule has 0 radical (unpaired) electrons. The first-order valence-corrected chi connectivity index (χ1v) is 14.6. The SMILES string of the molecule is CCCCCCCCCC=CC=CC=CC=CC=CC(=O)OC[C@@H](O)COP(=O)([O-])OCC[N+](C)(C)C. The maximum Gasteiger partial charge on any atom is 0.330 e. The van der Waals surface area contributed by atoms with Crippen molar-refractivity contribution in [2.75, 3.05) is 47.5 Å². The lowest BCUT2D eigenvalue weighted by molar-refractivity contribution is -0.870. The van der Waals surface area contributed by atoms with Gasteiger partial charge in [-0.25, -0.2) is 4.79 Å². The lowest BCUT2D eigenvalue weighted by Crippen LogP contribution is -2.37. The maximum absolute atomic E-state index is 11.7. The zero-order valence-corrected chi connectivity index (χ0v) is 24.0. The van der Waals surface area contributed by atoms with Crippen LogP contribution >= 0.6 is 7.82 Å². The average molecular weight is 542 g/mol. The summed E-state index contributed by atoms with van der Waals surface area (Å²) in [5.41, 5.74) is 0. The van der Waals surface area contributed by atoms with Crippen LogP contribution in [0.15, 0.2) is 60.8 Å². The molecule has 212 valence electrons. The number of phosphoric ester groups is 1. The van der Waals surface area contributed by atoms with Crippen LogP contribution in [-0.2, 0) is 23.1 Å². The molecule has 0 amide bonds. The molecule has 37 heavy (non-hydrogen) atoms. The smallest absolute Gasteiger partial charge is 0.330 e. The Bertz CT molecular complexity index is 782. The summed E-state index contributed by atoms with van der Waals surface area (Å²) in [6.07, 6.45) is 27.1. The van der Waals surface area contributed by atoms with E-state index in [4.69, 9.17) is 9.26 Å². The van der Waals surface area contributed by atoms with Gasteiger partial charge in [0.25, 0.3) is 7.82 Å². The van der Waals surface area contributed by atoms with Gasteiger partial charge in [-0.1, -0.05) is 100 Å². The topological polar surface area (TPSA) is 105 Å². The summed E-state index contributed by atoms with van der Waals surface area (Å²) in [6, 6.07) is 0. The number of allylic oxidation sites excluding steroid dienone is 9. The van der Waals surface area contributed by atoms with Gasteiger partial charge >= 0.3 is 5.97 Å². The van der Waals surface area contributed by atoms with Crippen molar-refractivity contribution in [3.63, 3.8) is 0 Å². The fourth-order valence-corrected chi connectivity index (χ4v) is 3.56. The minimum Gasteiger partial charge on any atom is -0.756 e. The average Bonchev–Trinajstić information content (AvgIpc) is 2.82. The third-order valence-electron chi connectivity index (χ3n) is 4.98. The molecule has 8 nitrogen and oxygen atoms in total. The summed E-state index contributed by atoms with van der Waals surface area (Å²) in [5.74, 6) is -0.664. The van der Waals surface area contributed by atoms with Crippen LogP contribution in [0.3, 0.4) is 0 Å². The van der Waals surface area contributed by atoms with Crippen LogP contribution in [-0.4, -0.2) is 69.2 Å². The molecule has 0 aromatic heterocycles. The highest BCUT2D eigenvalue weighted by molar-refractivity contribution is 7.45. The third-order valence-corrected chi connectivity index (χ3v) is 5.94. The molecule has 0 fully saturated rings. The van der Waals surface area contributed by atoms with Crippen molar-refractivity contribution in [3.05, 3.63) is 60.8 Å². The second-order valence-electron chi connectivity index (χ2n) is 9.73. The van der Waals surface area contributed by atoms with E-state index in [0.29, 0.717) is 11.0 Å². The molecule has 9 heteroatoms. The van der Waals surface area contributed by atoms with Crippen LogP contribution in [0.2, 0.25) is 0 Å². The van der Waals surface area contributed by atoms with Crippen LogP contribution in [0, 0.1) is 0 Å². The molecule has 0 aromatic carbocycles. The van der Waals surface area contributed by atoms with Crippen molar-refractivity contribution in [1.29, 1.82) is 0 Å². The minimum absolute atomic E-state index is 0.0322. The van der Waals surface area contributed by atoms with Crippen LogP contribution in [0.5, 0.6) is 0 Å². The zero-order valence-electron chi connectivity index (χ0n) is 23.1. The van der Waals surface area contributed by atoms with E-state index in [2.05, 4.69) is 23.6 Å². The molecular weight excluding hydrogens is 493 g/mol. The molecule has 0 aliphatic heterocycles. The quantitative estimate of drug-likeness (QED) is 0.0512. The van der Waals surface area contributed by atoms with Crippen LogP contribution < -0.4 is 4.89 Å². The number of carbonyl (C=O) groups is 1. The molecule has 0 bridgehead atoms. The van der Waals surface area contributed by atoms with Gasteiger partial charge in [0.15, 0.2) is 0 Å².